The van der Waals surface area contributed by atoms with E-state index in [1.807, 2.05) is 18.2 Å². The standard InChI is InChI=1S/C12H13N2O2/c15-9-5-7-14(8-6-9)12-13-10-3-1-2-4-11(10)16-12/h2-4,9,15H,5-8H2. The van der Waals surface area contributed by atoms with Crippen molar-refractivity contribution in [2.75, 3.05) is 18.0 Å². The van der Waals surface area contributed by atoms with Crippen LogP contribution >= 0.6 is 0 Å². The van der Waals surface area contributed by atoms with Crippen LogP contribution in [0.4, 0.5) is 6.01 Å². The Morgan fingerprint density at radius 1 is 1.44 bits per heavy atom. The van der Waals surface area contributed by atoms with Crippen LogP contribution in [0.25, 0.3) is 11.1 Å². The van der Waals surface area contributed by atoms with Crippen LogP contribution in [0.5, 0.6) is 0 Å². The number of hydrogen-bond acceptors (Lipinski definition) is 4. The number of aliphatic hydroxyl groups excluding tert-OH is 1. The minimum absolute atomic E-state index is 0.172. The summed E-state index contributed by atoms with van der Waals surface area (Å²) >= 11 is 0. The molecule has 0 unspecified atom stereocenters. The molecule has 0 atom stereocenters. The third kappa shape index (κ3) is 1.65. The lowest BCUT2D eigenvalue weighted by Gasteiger charge is -2.27. The van der Waals surface area contributed by atoms with Crippen molar-refractivity contribution < 1.29 is 9.52 Å². The van der Waals surface area contributed by atoms with Crippen LogP contribution < -0.4 is 4.90 Å². The van der Waals surface area contributed by atoms with Gasteiger partial charge in [0.25, 0.3) is 6.01 Å². The van der Waals surface area contributed by atoms with Crippen LogP contribution in [0.1, 0.15) is 12.8 Å². The molecule has 1 aliphatic heterocycles. The number of nitrogens with zero attached hydrogens (tertiary/aromatic N) is 2. The molecular formula is C12H13N2O2. The molecule has 16 heavy (non-hydrogen) atoms. The highest BCUT2D eigenvalue weighted by molar-refractivity contribution is 5.74. The molecule has 0 bridgehead atoms. The van der Waals surface area contributed by atoms with Crippen molar-refractivity contribution in [2.24, 2.45) is 0 Å². The molecule has 1 radical (unpaired) electrons. The Morgan fingerprint density at radius 2 is 2.25 bits per heavy atom. The van der Waals surface area contributed by atoms with Gasteiger partial charge in [-0.2, -0.15) is 4.98 Å². The van der Waals surface area contributed by atoms with Crippen LogP contribution in [-0.4, -0.2) is 29.3 Å². The van der Waals surface area contributed by atoms with Gasteiger partial charge in [0.1, 0.15) is 5.52 Å². The number of fused-ring (bicyclic) bond motifs is 1. The summed E-state index contributed by atoms with van der Waals surface area (Å²) in [7, 11) is 0. The number of hydrogen-bond donors (Lipinski definition) is 1. The van der Waals surface area contributed by atoms with Gasteiger partial charge in [0.15, 0.2) is 5.58 Å². The van der Waals surface area contributed by atoms with Crippen LogP contribution in [0.2, 0.25) is 0 Å². The fourth-order valence-corrected chi connectivity index (χ4v) is 2.00. The SMILES string of the molecule is OC1CCN(c2nc3c[c]ccc3o2)CC1. The first-order chi connectivity index (χ1) is 7.83. The van der Waals surface area contributed by atoms with E-state index in [1.54, 1.807) is 0 Å². The number of aromatic nitrogens is 1. The highest BCUT2D eigenvalue weighted by Gasteiger charge is 2.20. The number of anilines is 1. The first kappa shape index (κ1) is 9.66. The molecular weight excluding hydrogens is 204 g/mol. The predicted octanol–water partition coefficient (Wildman–Crippen LogP) is 1.59. The molecule has 1 aromatic heterocycles. The minimum Gasteiger partial charge on any atom is -0.423 e. The van der Waals surface area contributed by atoms with Crippen molar-refractivity contribution in [3.05, 3.63) is 24.3 Å². The molecule has 0 aliphatic carbocycles. The fraction of sp³-hybridized carbons (Fsp3) is 0.417. The quantitative estimate of drug-likeness (QED) is 0.788. The summed E-state index contributed by atoms with van der Waals surface area (Å²) in [6.07, 6.45) is 1.39. The molecule has 2 heterocycles. The van der Waals surface area contributed by atoms with Gasteiger partial charge in [-0.25, -0.2) is 0 Å². The van der Waals surface area contributed by atoms with Crippen LogP contribution in [0, 0.1) is 6.07 Å². The van der Waals surface area contributed by atoms with Gasteiger partial charge in [-0.1, -0.05) is 6.07 Å². The normalized spacial score (nSPS) is 18.2. The first-order valence-electron chi connectivity index (χ1n) is 5.52. The van der Waals surface area contributed by atoms with Gasteiger partial charge in [-0.3, -0.25) is 0 Å². The van der Waals surface area contributed by atoms with E-state index in [9.17, 15) is 5.11 Å². The van der Waals surface area contributed by atoms with Gasteiger partial charge in [0.2, 0.25) is 0 Å². The molecule has 0 spiro atoms. The summed E-state index contributed by atoms with van der Waals surface area (Å²) in [5.74, 6) is 0. The zero-order valence-corrected chi connectivity index (χ0v) is 8.89. The second-order valence-electron chi connectivity index (χ2n) is 4.11. The van der Waals surface area contributed by atoms with E-state index in [4.69, 9.17) is 4.42 Å². The van der Waals surface area contributed by atoms with E-state index in [0.29, 0.717) is 6.01 Å². The molecule has 4 nitrogen and oxygen atoms in total. The number of oxazole rings is 1. The Kier molecular flexibility index (Phi) is 2.29. The van der Waals surface area contributed by atoms with Crippen molar-refractivity contribution in [2.45, 2.75) is 18.9 Å². The summed E-state index contributed by atoms with van der Waals surface area (Å²) in [4.78, 5) is 6.48. The lowest BCUT2D eigenvalue weighted by Crippen LogP contribution is -2.35. The predicted molar refractivity (Wildman–Crippen MR) is 60.3 cm³/mol. The zero-order chi connectivity index (χ0) is 11.0. The molecule has 3 rings (SSSR count). The van der Waals surface area contributed by atoms with Gasteiger partial charge in [0.05, 0.1) is 6.10 Å². The Balaban J connectivity index is 1.88. The van der Waals surface area contributed by atoms with Crippen molar-refractivity contribution in [1.82, 2.24) is 4.98 Å². The maximum Gasteiger partial charge on any atom is 0.298 e. The number of aliphatic hydroxyl groups is 1. The van der Waals surface area contributed by atoms with E-state index < -0.39 is 0 Å². The number of piperidine rings is 1. The second kappa shape index (κ2) is 3.79. The average Bonchev–Trinajstić information content (AvgIpc) is 2.73. The van der Waals surface area contributed by atoms with E-state index >= 15 is 0 Å². The Labute approximate surface area is 93.5 Å². The second-order valence-corrected chi connectivity index (χ2v) is 4.11. The largest absolute Gasteiger partial charge is 0.423 e. The van der Waals surface area contributed by atoms with Gasteiger partial charge >= 0.3 is 0 Å². The molecule has 1 saturated heterocycles. The number of rotatable bonds is 1. The summed E-state index contributed by atoms with van der Waals surface area (Å²) in [6, 6.07) is 9.13. The Morgan fingerprint density at radius 3 is 3.00 bits per heavy atom. The molecule has 4 heteroatoms. The monoisotopic (exact) mass is 217 g/mol. The van der Waals surface area contributed by atoms with Crippen LogP contribution in [0.15, 0.2) is 22.6 Å². The molecule has 1 N–H and O–H groups in total. The third-order valence-corrected chi connectivity index (χ3v) is 2.96. The van der Waals surface area contributed by atoms with E-state index in [1.165, 1.54) is 0 Å². The van der Waals surface area contributed by atoms with Gasteiger partial charge < -0.3 is 14.4 Å². The number of benzene rings is 1. The lowest BCUT2D eigenvalue weighted by atomic mass is 10.1. The highest BCUT2D eigenvalue weighted by Crippen LogP contribution is 2.24. The molecule has 2 aromatic rings. The van der Waals surface area contributed by atoms with Gasteiger partial charge in [-0.15, -0.1) is 0 Å². The van der Waals surface area contributed by atoms with Crippen molar-refractivity contribution >= 4 is 17.1 Å². The van der Waals surface area contributed by atoms with Crippen molar-refractivity contribution in [3.63, 3.8) is 0 Å². The Bertz CT molecular complexity index is 453. The third-order valence-electron chi connectivity index (χ3n) is 2.96. The zero-order valence-electron chi connectivity index (χ0n) is 8.89. The molecule has 1 aromatic carbocycles. The lowest BCUT2D eigenvalue weighted by molar-refractivity contribution is 0.144. The molecule has 83 valence electrons. The van der Waals surface area contributed by atoms with E-state index in [-0.39, 0.29) is 6.10 Å². The first-order valence-corrected chi connectivity index (χ1v) is 5.52. The van der Waals surface area contributed by atoms with Crippen LogP contribution in [0.3, 0.4) is 0 Å². The summed E-state index contributed by atoms with van der Waals surface area (Å²) in [6.45, 7) is 1.61. The average molecular weight is 217 g/mol. The summed E-state index contributed by atoms with van der Waals surface area (Å²) < 4.78 is 5.66. The smallest absolute Gasteiger partial charge is 0.298 e. The molecule has 1 fully saturated rings. The van der Waals surface area contributed by atoms with E-state index in [0.717, 1.165) is 37.0 Å². The van der Waals surface area contributed by atoms with E-state index in [2.05, 4.69) is 16.0 Å². The molecule has 1 aliphatic rings. The maximum absolute atomic E-state index is 9.43. The highest BCUT2D eigenvalue weighted by atomic mass is 16.4. The maximum atomic E-state index is 9.43. The summed E-state index contributed by atoms with van der Waals surface area (Å²) in [5.41, 5.74) is 1.63. The fourth-order valence-electron chi connectivity index (χ4n) is 2.00. The van der Waals surface area contributed by atoms with Crippen molar-refractivity contribution in [3.8, 4) is 0 Å². The molecule has 0 saturated carbocycles. The minimum atomic E-state index is -0.172. The van der Waals surface area contributed by atoms with Gasteiger partial charge in [-0.05, 0) is 31.0 Å². The summed E-state index contributed by atoms with van der Waals surface area (Å²) in [5, 5.41) is 9.43. The van der Waals surface area contributed by atoms with Crippen LogP contribution in [-0.2, 0) is 0 Å². The van der Waals surface area contributed by atoms with Crippen molar-refractivity contribution in [1.29, 1.82) is 0 Å². The van der Waals surface area contributed by atoms with Gasteiger partial charge in [0, 0.05) is 13.1 Å². The molecule has 0 amide bonds. The topological polar surface area (TPSA) is 49.5 Å². The Hall–Kier alpha value is -1.55.